The molecule has 1 heterocycles. The van der Waals surface area contributed by atoms with E-state index in [0.29, 0.717) is 12.5 Å². The van der Waals surface area contributed by atoms with E-state index in [1.165, 1.54) is 11.3 Å². The van der Waals surface area contributed by atoms with E-state index in [4.69, 9.17) is 4.74 Å². The number of aliphatic hydroxyl groups excluding tert-OH is 1. The second-order valence-corrected chi connectivity index (χ2v) is 4.29. The second kappa shape index (κ2) is 5.09. The molecule has 0 aliphatic rings. The topological polar surface area (TPSA) is 42.4 Å². The average Bonchev–Trinajstić information content (AvgIpc) is 2.74. The van der Waals surface area contributed by atoms with E-state index in [-0.39, 0.29) is 6.61 Å². The summed E-state index contributed by atoms with van der Waals surface area (Å²) in [4.78, 5) is 5.16. The molecule has 0 aliphatic heterocycles. The van der Waals surface area contributed by atoms with Gasteiger partial charge >= 0.3 is 0 Å². The number of hydrogen-bond donors (Lipinski definition) is 1. The Morgan fingerprint density at radius 2 is 2.06 bits per heavy atom. The van der Waals surface area contributed by atoms with Gasteiger partial charge in [-0.05, 0) is 6.92 Å². The van der Waals surface area contributed by atoms with Gasteiger partial charge in [-0.25, -0.2) is 4.98 Å². The molecular formula is C12H13NO2S. The zero-order chi connectivity index (χ0) is 11.4. The van der Waals surface area contributed by atoms with Crippen molar-refractivity contribution >= 4 is 11.3 Å². The molecule has 0 bridgehead atoms. The molecular weight excluding hydrogens is 222 g/mol. The van der Waals surface area contributed by atoms with Gasteiger partial charge in [0.25, 0.3) is 0 Å². The summed E-state index contributed by atoms with van der Waals surface area (Å²) in [7, 11) is 0. The third-order valence-electron chi connectivity index (χ3n) is 2.11. The maximum atomic E-state index is 9.20. The first-order chi connectivity index (χ1) is 7.85. The van der Waals surface area contributed by atoms with Crippen molar-refractivity contribution in [2.75, 3.05) is 6.61 Å². The molecule has 2 aromatic rings. The fourth-order valence-corrected chi connectivity index (χ4v) is 2.26. The molecule has 2 rings (SSSR count). The van der Waals surface area contributed by atoms with Gasteiger partial charge in [0.1, 0.15) is 5.01 Å². The van der Waals surface area contributed by atoms with Gasteiger partial charge in [-0.15, -0.1) is 11.3 Å². The Labute approximate surface area is 98.4 Å². The van der Waals surface area contributed by atoms with Gasteiger partial charge in [0.15, 0.2) is 0 Å². The lowest BCUT2D eigenvalue weighted by molar-refractivity contribution is 0.268. The van der Waals surface area contributed by atoms with E-state index in [1.54, 1.807) is 0 Å². The van der Waals surface area contributed by atoms with Gasteiger partial charge in [-0.1, -0.05) is 30.3 Å². The Morgan fingerprint density at radius 3 is 2.69 bits per heavy atom. The van der Waals surface area contributed by atoms with Crippen molar-refractivity contribution in [3.05, 3.63) is 35.2 Å². The van der Waals surface area contributed by atoms with E-state index in [2.05, 4.69) is 4.98 Å². The largest absolute Gasteiger partial charge is 0.477 e. The van der Waals surface area contributed by atoms with Crippen LogP contribution in [-0.2, 0) is 6.61 Å². The number of benzene rings is 1. The van der Waals surface area contributed by atoms with Crippen LogP contribution >= 0.6 is 11.3 Å². The predicted octanol–water partition coefficient (Wildman–Crippen LogP) is 2.70. The monoisotopic (exact) mass is 235 g/mol. The molecule has 0 fully saturated rings. The molecule has 1 aromatic heterocycles. The minimum atomic E-state index is -0.0279. The van der Waals surface area contributed by atoms with Crippen LogP contribution in [0.2, 0.25) is 0 Å². The minimum absolute atomic E-state index is 0.0279. The van der Waals surface area contributed by atoms with Crippen LogP contribution in [0.25, 0.3) is 10.6 Å². The second-order valence-electron chi connectivity index (χ2n) is 3.20. The molecule has 0 atom stereocenters. The van der Waals surface area contributed by atoms with Gasteiger partial charge in [0, 0.05) is 5.56 Å². The van der Waals surface area contributed by atoms with Crippen molar-refractivity contribution in [3.63, 3.8) is 0 Å². The summed E-state index contributed by atoms with van der Waals surface area (Å²) in [5.74, 6) is 0.550. The summed E-state index contributed by atoms with van der Waals surface area (Å²) in [6.45, 7) is 2.44. The van der Waals surface area contributed by atoms with E-state index in [1.807, 2.05) is 37.3 Å². The normalized spacial score (nSPS) is 10.4. The zero-order valence-corrected chi connectivity index (χ0v) is 9.83. The molecule has 0 saturated carbocycles. The zero-order valence-electron chi connectivity index (χ0n) is 9.01. The third-order valence-corrected chi connectivity index (χ3v) is 3.18. The highest BCUT2D eigenvalue weighted by Gasteiger charge is 2.12. The highest BCUT2D eigenvalue weighted by Crippen LogP contribution is 2.32. The lowest BCUT2D eigenvalue weighted by Crippen LogP contribution is -1.94. The van der Waals surface area contributed by atoms with Crippen molar-refractivity contribution < 1.29 is 9.84 Å². The van der Waals surface area contributed by atoms with Crippen molar-refractivity contribution in [2.45, 2.75) is 13.5 Å². The SMILES string of the molecule is CCOc1nc(-c2ccccc2)sc1CO. The smallest absolute Gasteiger partial charge is 0.230 e. The lowest BCUT2D eigenvalue weighted by atomic mass is 10.2. The van der Waals surface area contributed by atoms with Crippen LogP contribution in [0.3, 0.4) is 0 Å². The van der Waals surface area contributed by atoms with Crippen LogP contribution in [0.4, 0.5) is 0 Å². The summed E-state index contributed by atoms with van der Waals surface area (Å²) in [6, 6.07) is 9.89. The Bertz CT molecular complexity index is 453. The van der Waals surface area contributed by atoms with Crippen molar-refractivity contribution in [1.82, 2.24) is 4.98 Å². The number of nitrogens with zero attached hydrogens (tertiary/aromatic N) is 1. The summed E-state index contributed by atoms with van der Waals surface area (Å²) in [5, 5.41) is 10.1. The maximum absolute atomic E-state index is 9.20. The molecule has 0 spiro atoms. The standard InChI is InChI=1S/C12H13NO2S/c1-2-15-11-10(8-14)16-12(13-11)9-6-4-3-5-7-9/h3-7,14H,2,8H2,1H3. The minimum Gasteiger partial charge on any atom is -0.477 e. The van der Waals surface area contributed by atoms with Gasteiger partial charge in [-0.3, -0.25) is 0 Å². The molecule has 0 radical (unpaired) electrons. The van der Waals surface area contributed by atoms with Crippen LogP contribution in [0.15, 0.2) is 30.3 Å². The Hall–Kier alpha value is -1.39. The summed E-state index contributed by atoms with van der Waals surface area (Å²) < 4.78 is 5.37. The van der Waals surface area contributed by atoms with Crippen LogP contribution in [-0.4, -0.2) is 16.7 Å². The number of aromatic nitrogens is 1. The predicted molar refractivity (Wildman–Crippen MR) is 64.6 cm³/mol. The van der Waals surface area contributed by atoms with Crippen molar-refractivity contribution in [1.29, 1.82) is 0 Å². The maximum Gasteiger partial charge on any atom is 0.230 e. The van der Waals surface area contributed by atoms with Crippen LogP contribution < -0.4 is 4.74 Å². The van der Waals surface area contributed by atoms with E-state index in [9.17, 15) is 5.11 Å². The quantitative estimate of drug-likeness (QED) is 0.886. The number of aliphatic hydroxyl groups is 1. The molecule has 84 valence electrons. The molecule has 0 saturated heterocycles. The first-order valence-electron chi connectivity index (χ1n) is 5.14. The number of hydrogen-bond acceptors (Lipinski definition) is 4. The van der Waals surface area contributed by atoms with E-state index < -0.39 is 0 Å². The highest BCUT2D eigenvalue weighted by molar-refractivity contribution is 7.15. The molecule has 3 nitrogen and oxygen atoms in total. The molecule has 0 amide bonds. The van der Waals surface area contributed by atoms with Gasteiger partial charge < -0.3 is 9.84 Å². The summed E-state index contributed by atoms with van der Waals surface area (Å²) >= 11 is 1.47. The third kappa shape index (κ3) is 2.23. The van der Waals surface area contributed by atoms with E-state index >= 15 is 0 Å². The first-order valence-corrected chi connectivity index (χ1v) is 5.95. The molecule has 1 aromatic carbocycles. The number of thiazole rings is 1. The highest BCUT2D eigenvalue weighted by atomic mass is 32.1. The molecule has 1 N–H and O–H groups in total. The summed E-state index contributed by atoms with van der Waals surface area (Å²) in [6.07, 6.45) is 0. The van der Waals surface area contributed by atoms with Crippen molar-refractivity contribution in [3.8, 4) is 16.5 Å². The molecule has 0 aliphatic carbocycles. The number of ether oxygens (including phenoxy) is 1. The fourth-order valence-electron chi connectivity index (χ4n) is 1.39. The Balaban J connectivity index is 2.36. The van der Waals surface area contributed by atoms with Crippen LogP contribution in [0.5, 0.6) is 5.88 Å². The van der Waals surface area contributed by atoms with E-state index in [0.717, 1.165) is 15.4 Å². The number of rotatable bonds is 4. The Kier molecular flexibility index (Phi) is 3.54. The molecule has 16 heavy (non-hydrogen) atoms. The Morgan fingerprint density at radius 1 is 1.31 bits per heavy atom. The van der Waals surface area contributed by atoms with Crippen molar-refractivity contribution in [2.24, 2.45) is 0 Å². The fraction of sp³-hybridized carbons (Fsp3) is 0.250. The first kappa shape index (κ1) is 11.1. The molecule has 0 unspecified atom stereocenters. The lowest BCUT2D eigenvalue weighted by Gasteiger charge is -1.98. The average molecular weight is 235 g/mol. The van der Waals surface area contributed by atoms with Gasteiger partial charge in [-0.2, -0.15) is 0 Å². The van der Waals surface area contributed by atoms with Crippen LogP contribution in [0.1, 0.15) is 11.8 Å². The summed E-state index contributed by atoms with van der Waals surface area (Å²) in [5.41, 5.74) is 1.05. The van der Waals surface area contributed by atoms with Gasteiger partial charge in [0.2, 0.25) is 5.88 Å². The van der Waals surface area contributed by atoms with Gasteiger partial charge in [0.05, 0.1) is 18.1 Å². The molecule has 4 heteroatoms. The van der Waals surface area contributed by atoms with Crippen LogP contribution in [0, 0.1) is 0 Å².